The Labute approximate surface area is 87.6 Å². The Kier molecular flexibility index (Phi) is 5.58. The Hall–Kier alpha value is -0.730. The molecule has 0 aromatic rings. The van der Waals surface area contributed by atoms with E-state index < -0.39 is 0 Å². The lowest BCUT2D eigenvalue weighted by atomic mass is 9.92. The second-order valence-corrected chi connectivity index (χ2v) is 5.02. The van der Waals surface area contributed by atoms with Crippen LogP contribution < -0.4 is 10.6 Å². The highest BCUT2D eigenvalue weighted by Gasteiger charge is 2.10. The minimum absolute atomic E-state index is 0.0522. The van der Waals surface area contributed by atoms with E-state index in [1.165, 1.54) is 0 Å². The van der Waals surface area contributed by atoms with Crippen LogP contribution in [-0.4, -0.2) is 18.6 Å². The highest BCUT2D eigenvalue weighted by molar-refractivity contribution is 5.74. The zero-order valence-corrected chi connectivity index (χ0v) is 10.1. The highest BCUT2D eigenvalue weighted by Crippen LogP contribution is 2.16. The molecule has 0 saturated heterocycles. The Morgan fingerprint density at radius 3 is 2.36 bits per heavy atom. The minimum atomic E-state index is -0.0522. The summed E-state index contributed by atoms with van der Waals surface area (Å²) in [7, 11) is 0. The number of nitrogens with one attached hydrogen (secondary N) is 2. The summed E-state index contributed by atoms with van der Waals surface area (Å²) in [4.78, 5) is 11.3. The van der Waals surface area contributed by atoms with Gasteiger partial charge in [-0.1, -0.05) is 27.7 Å². The van der Waals surface area contributed by atoms with Crippen molar-refractivity contribution in [3.8, 4) is 0 Å². The molecule has 0 fully saturated rings. The third kappa shape index (κ3) is 7.90. The van der Waals surface area contributed by atoms with Crippen LogP contribution in [0.5, 0.6) is 0 Å². The molecule has 2 amide bonds. The maximum Gasteiger partial charge on any atom is 0.314 e. The van der Waals surface area contributed by atoms with E-state index in [-0.39, 0.29) is 17.5 Å². The van der Waals surface area contributed by atoms with Gasteiger partial charge < -0.3 is 10.6 Å². The summed E-state index contributed by atoms with van der Waals surface area (Å²) in [6.07, 6.45) is 1.97. The molecule has 0 aliphatic rings. The maximum atomic E-state index is 11.3. The SMILES string of the molecule is CCC(C)NC(=O)NCCC(C)(C)C. The molecule has 0 radical (unpaired) electrons. The fraction of sp³-hybridized carbons (Fsp3) is 0.909. The van der Waals surface area contributed by atoms with Gasteiger partial charge in [0.05, 0.1) is 0 Å². The Morgan fingerprint density at radius 2 is 1.93 bits per heavy atom. The topological polar surface area (TPSA) is 41.1 Å². The second-order valence-electron chi connectivity index (χ2n) is 5.02. The molecule has 0 aromatic carbocycles. The fourth-order valence-corrected chi connectivity index (χ4v) is 0.928. The monoisotopic (exact) mass is 200 g/mol. The van der Waals surface area contributed by atoms with Gasteiger partial charge in [0, 0.05) is 12.6 Å². The van der Waals surface area contributed by atoms with Crippen molar-refractivity contribution in [3.05, 3.63) is 0 Å². The smallest absolute Gasteiger partial charge is 0.314 e. The molecular weight excluding hydrogens is 176 g/mol. The molecule has 0 bridgehead atoms. The second kappa shape index (κ2) is 5.89. The molecule has 0 aliphatic carbocycles. The average Bonchev–Trinajstić information content (AvgIpc) is 2.01. The van der Waals surface area contributed by atoms with Crippen LogP contribution in [0.3, 0.4) is 0 Å². The summed E-state index contributed by atoms with van der Waals surface area (Å²) in [5.74, 6) is 0. The molecule has 3 nitrogen and oxygen atoms in total. The molecule has 3 heteroatoms. The first-order valence-electron chi connectivity index (χ1n) is 5.39. The number of hydrogen-bond donors (Lipinski definition) is 2. The normalized spacial score (nSPS) is 13.5. The number of amides is 2. The molecule has 0 saturated carbocycles. The molecule has 14 heavy (non-hydrogen) atoms. The molecule has 0 rings (SSSR count). The first-order chi connectivity index (χ1) is 6.35. The van der Waals surface area contributed by atoms with E-state index >= 15 is 0 Å². The predicted molar refractivity (Wildman–Crippen MR) is 60.4 cm³/mol. The summed E-state index contributed by atoms with van der Waals surface area (Å²) >= 11 is 0. The van der Waals surface area contributed by atoms with Crippen molar-refractivity contribution in [2.24, 2.45) is 5.41 Å². The molecule has 0 aromatic heterocycles. The zero-order valence-electron chi connectivity index (χ0n) is 10.1. The van der Waals surface area contributed by atoms with Gasteiger partial charge in [-0.05, 0) is 25.2 Å². The van der Waals surface area contributed by atoms with E-state index in [9.17, 15) is 4.79 Å². The van der Waals surface area contributed by atoms with Crippen LogP contribution in [0.1, 0.15) is 47.5 Å². The quantitative estimate of drug-likeness (QED) is 0.719. The number of urea groups is 1. The van der Waals surface area contributed by atoms with Gasteiger partial charge in [-0.25, -0.2) is 4.79 Å². The molecule has 0 heterocycles. The molecule has 2 N–H and O–H groups in total. The van der Waals surface area contributed by atoms with E-state index in [0.717, 1.165) is 19.4 Å². The van der Waals surface area contributed by atoms with Crippen molar-refractivity contribution in [2.45, 2.75) is 53.5 Å². The van der Waals surface area contributed by atoms with Crippen molar-refractivity contribution >= 4 is 6.03 Å². The van der Waals surface area contributed by atoms with Crippen molar-refractivity contribution in [2.75, 3.05) is 6.54 Å². The number of carbonyl (C=O) groups excluding carboxylic acids is 1. The molecule has 1 atom stereocenters. The summed E-state index contributed by atoms with van der Waals surface area (Å²) in [5.41, 5.74) is 0.281. The Morgan fingerprint density at radius 1 is 1.36 bits per heavy atom. The van der Waals surface area contributed by atoms with Gasteiger partial charge >= 0.3 is 6.03 Å². The van der Waals surface area contributed by atoms with Crippen LogP contribution in [0, 0.1) is 5.41 Å². The highest BCUT2D eigenvalue weighted by atomic mass is 16.2. The van der Waals surface area contributed by atoms with Gasteiger partial charge in [-0.15, -0.1) is 0 Å². The van der Waals surface area contributed by atoms with Gasteiger partial charge in [0.25, 0.3) is 0 Å². The minimum Gasteiger partial charge on any atom is -0.338 e. The van der Waals surface area contributed by atoms with Crippen molar-refractivity contribution in [1.82, 2.24) is 10.6 Å². The molecule has 1 unspecified atom stereocenters. The van der Waals surface area contributed by atoms with Crippen LogP contribution in [-0.2, 0) is 0 Å². The summed E-state index contributed by atoms with van der Waals surface area (Å²) in [5, 5.41) is 5.72. The molecule has 0 spiro atoms. The molecule has 0 aliphatic heterocycles. The van der Waals surface area contributed by atoms with Gasteiger partial charge in [0.2, 0.25) is 0 Å². The van der Waals surface area contributed by atoms with Crippen molar-refractivity contribution in [3.63, 3.8) is 0 Å². The lowest BCUT2D eigenvalue weighted by Crippen LogP contribution is -2.41. The van der Waals surface area contributed by atoms with Crippen LogP contribution in [0.2, 0.25) is 0 Å². The van der Waals surface area contributed by atoms with Crippen LogP contribution >= 0.6 is 0 Å². The average molecular weight is 200 g/mol. The number of carbonyl (C=O) groups is 1. The molecular formula is C11H24N2O. The van der Waals surface area contributed by atoms with E-state index in [2.05, 4.69) is 38.3 Å². The number of rotatable bonds is 4. The third-order valence-electron chi connectivity index (χ3n) is 2.15. The third-order valence-corrected chi connectivity index (χ3v) is 2.15. The lowest BCUT2D eigenvalue weighted by Gasteiger charge is -2.19. The van der Waals surface area contributed by atoms with Crippen molar-refractivity contribution < 1.29 is 4.79 Å². The summed E-state index contributed by atoms with van der Waals surface area (Å²) < 4.78 is 0. The molecule has 84 valence electrons. The van der Waals surface area contributed by atoms with Crippen LogP contribution in [0.15, 0.2) is 0 Å². The summed E-state index contributed by atoms with van der Waals surface area (Å²) in [6, 6.07) is 0.202. The van der Waals surface area contributed by atoms with Gasteiger partial charge in [0.15, 0.2) is 0 Å². The van der Waals surface area contributed by atoms with Crippen LogP contribution in [0.4, 0.5) is 4.79 Å². The van der Waals surface area contributed by atoms with E-state index in [0.29, 0.717) is 0 Å². The van der Waals surface area contributed by atoms with E-state index in [4.69, 9.17) is 0 Å². The van der Waals surface area contributed by atoms with E-state index in [1.54, 1.807) is 0 Å². The van der Waals surface area contributed by atoms with Gasteiger partial charge in [-0.2, -0.15) is 0 Å². The first-order valence-corrected chi connectivity index (χ1v) is 5.39. The van der Waals surface area contributed by atoms with E-state index in [1.807, 2.05) is 6.92 Å². The fourth-order valence-electron chi connectivity index (χ4n) is 0.928. The lowest BCUT2D eigenvalue weighted by molar-refractivity contribution is 0.235. The van der Waals surface area contributed by atoms with Crippen LogP contribution in [0.25, 0.3) is 0 Å². The summed E-state index contributed by atoms with van der Waals surface area (Å²) in [6.45, 7) is 11.3. The Balaban J connectivity index is 3.55. The van der Waals surface area contributed by atoms with Gasteiger partial charge in [0.1, 0.15) is 0 Å². The Bertz CT molecular complexity index is 173. The largest absolute Gasteiger partial charge is 0.338 e. The standard InChI is InChI=1S/C11H24N2O/c1-6-9(2)13-10(14)12-8-7-11(3,4)5/h9H,6-8H2,1-5H3,(H2,12,13,14). The maximum absolute atomic E-state index is 11.3. The predicted octanol–water partition coefficient (Wildman–Crippen LogP) is 2.52. The zero-order chi connectivity index (χ0) is 11.2. The number of hydrogen-bond acceptors (Lipinski definition) is 1. The van der Waals surface area contributed by atoms with Crippen molar-refractivity contribution in [1.29, 1.82) is 0 Å². The van der Waals surface area contributed by atoms with Gasteiger partial charge in [-0.3, -0.25) is 0 Å². The first kappa shape index (κ1) is 13.3.